The van der Waals surface area contributed by atoms with Gasteiger partial charge in [-0.2, -0.15) is 0 Å². The largest absolute Gasteiger partial charge is 0.483 e. The third-order valence-electron chi connectivity index (χ3n) is 14.3. The maximum Gasteiger partial charge on any atom is 0.257 e. The lowest BCUT2D eigenvalue weighted by Crippen LogP contribution is -2.30. The van der Waals surface area contributed by atoms with Crippen LogP contribution in [0.25, 0.3) is 65.3 Å². The van der Waals surface area contributed by atoms with Crippen LogP contribution in [0, 0.1) is 0 Å². The Kier molecular flexibility index (Phi) is 23.4. The summed E-state index contributed by atoms with van der Waals surface area (Å²) in [6, 6.07) is 47.4. The Balaban J connectivity index is 0.791. The number of carbonyl (C=O) groups is 4. The fraction of sp³-hybridized carbons (Fsp3) is 0.353. The molecule has 4 amide bonds. The fourth-order valence-electron chi connectivity index (χ4n) is 10.1. The lowest BCUT2D eigenvalue weighted by atomic mass is 9.92. The van der Waals surface area contributed by atoms with E-state index in [1.807, 2.05) is 146 Å². The zero-order chi connectivity index (χ0) is 58.0. The van der Waals surface area contributed by atoms with Crippen molar-refractivity contribution in [3.63, 3.8) is 0 Å². The molecular weight excluding hydrogens is 1060 g/mol. The Bertz CT molecular complexity index is 3010. The van der Waals surface area contributed by atoms with Crippen molar-refractivity contribution in [3.8, 4) is 45.3 Å². The van der Waals surface area contributed by atoms with Gasteiger partial charge >= 0.3 is 0 Å². The number of ether oxygens (including phenoxy) is 8. The van der Waals surface area contributed by atoms with E-state index in [1.165, 1.54) is 0 Å². The topological polar surface area (TPSA) is 190 Å². The van der Waals surface area contributed by atoms with Gasteiger partial charge in [0.2, 0.25) is 0 Å². The van der Waals surface area contributed by atoms with Crippen LogP contribution in [-0.2, 0) is 38.1 Å². The van der Waals surface area contributed by atoms with Crippen LogP contribution in [-0.4, -0.2) is 129 Å². The minimum atomic E-state index is -0.256. The average molecular weight is 1140 g/mol. The van der Waals surface area contributed by atoms with Crippen LogP contribution >= 0.6 is 0 Å². The molecule has 1 heterocycles. The molecule has 84 heavy (non-hydrogen) atoms. The van der Waals surface area contributed by atoms with Crippen LogP contribution in [0.3, 0.4) is 0 Å². The van der Waals surface area contributed by atoms with E-state index in [2.05, 4.69) is 21.3 Å². The van der Waals surface area contributed by atoms with E-state index >= 15 is 0 Å². The van der Waals surface area contributed by atoms with E-state index in [1.54, 1.807) is 0 Å². The van der Waals surface area contributed by atoms with Gasteiger partial charge in [0, 0.05) is 101 Å². The Morgan fingerprint density at radius 2 is 0.464 bits per heavy atom. The Morgan fingerprint density at radius 3 is 0.702 bits per heavy atom. The van der Waals surface area contributed by atoms with Crippen LogP contribution in [0.1, 0.15) is 51.4 Å². The van der Waals surface area contributed by atoms with Gasteiger partial charge in [0.1, 0.15) is 23.0 Å². The first-order valence-electron chi connectivity index (χ1n) is 29.4. The van der Waals surface area contributed by atoms with Crippen LogP contribution in [0.15, 0.2) is 146 Å². The van der Waals surface area contributed by atoms with Crippen molar-refractivity contribution in [2.75, 3.05) is 105 Å². The predicted octanol–water partition coefficient (Wildman–Crippen LogP) is 10.5. The average Bonchev–Trinajstić information content (AvgIpc) is 3.28. The van der Waals surface area contributed by atoms with Gasteiger partial charge in [-0.3, -0.25) is 19.2 Å². The van der Waals surface area contributed by atoms with Crippen molar-refractivity contribution in [1.82, 2.24) is 21.3 Å². The highest BCUT2D eigenvalue weighted by Crippen LogP contribution is 2.47. The highest BCUT2D eigenvalue weighted by molar-refractivity contribution is 6.11. The van der Waals surface area contributed by atoms with E-state index in [9.17, 15) is 19.2 Å². The molecular formula is C68H76N4O12. The monoisotopic (exact) mass is 1140 g/mol. The number of rotatable bonds is 0. The molecule has 1 aliphatic rings. The van der Waals surface area contributed by atoms with Gasteiger partial charge in [-0.15, -0.1) is 0 Å². The summed E-state index contributed by atoms with van der Waals surface area (Å²) in [6.45, 7) is 5.18. The summed E-state index contributed by atoms with van der Waals surface area (Å²) in [6.07, 6.45) is 5.84. The third-order valence-corrected chi connectivity index (χ3v) is 14.3. The van der Waals surface area contributed by atoms with Crippen molar-refractivity contribution in [1.29, 1.82) is 0 Å². The summed E-state index contributed by atoms with van der Waals surface area (Å²) in [5, 5.41) is 19.4. The first kappa shape index (κ1) is 60.3. The molecule has 0 unspecified atom stereocenters. The molecule has 0 fully saturated rings. The Morgan fingerprint density at radius 1 is 0.250 bits per heavy atom. The standard InChI is InChI=1S/C68H76N4O12/c73-61-45-81-57-29-25-49-17-1-5-21-53(49)65(57)66-54-22-6-2-18-50(54)26-30-58(66)82-46-62(74)70-34-14-42-78-38-11-12-40-80-44-16-36-72-64(76)48-84-60-32-28-52-20-4-8-24-56(52)68(60)67-55-23-7-3-19-51(55)27-31-59(67)83-47-63(75)71-35-15-43-79-39-10-9-37-77-41-13-33-69-61/h1-8,17-32H,9-16,33-48H2,(H,69,73)(H,70,74)(H,71,75)(H,72,76). The number of amides is 4. The number of carbonyl (C=O) groups excluding carboxylic acids is 4. The van der Waals surface area contributed by atoms with Gasteiger partial charge in [-0.1, -0.05) is 121 Å². The maximum absolute atomic E-state index is 13.2. The first-order chi connectivity index (χ1) is 41.4. The second kappa shape index (κ2) is 32.5. The molecule has 0 bridgehead atoms. The molecule has 8 aromatic carbocycles. The molecule has 9 rings (SSSR count). The van der Waals surface area contributed by atoms with Crippen LogP contribution in [0.4, 0.5) is 0 Å². The van der Waals surface area contributed by atoms with Gasteiger partial charge in [0.05, 0.1) is 0 Å². The molecule has 0 aliphatic carbocycles. The summed E-state index contributed by atoms with van der Waals surface area (Å²) >= 11 is 0. The lowest BCUT2D eigenvalue weighted by molar-refractivity contribution is -0.123. The van der Waals surface area contributed by atoms with E-state index < -0.39 is 0 Å². The molecule has 440 valence electrons. The fourth-order valence-corrected chi connectivity index (χ4v) is 10.1. The lowest BCUT2D eigenvalue weighted by Gasteiger charge is -2.19. The Hall–Kier alpha value is -8.28. The summed E-state index contributed by atoms with van der Waals surface area (Å²) < 4.78 is 48.7. The van der Waals surface area contributed by atoms with Crippen LogP contribution in [0.2, 0.25) is 0 Å². The van der Waals surface area contributed by atoms with Crippen LogP contribution < -0.4 is 40.2 Å². The number of hydrogen-bond donors (Lipinski definition) is 4. The normalized spacial score (nSPS) is 17.0. The Labute approximate surface area is 490 Å². The van der Waals surface area contributed by atoms with Crippen molar-refractivity contribution in [2.24, 2.45) is 0 Å². The van der Waals surface area contributed by atoms with Crippen molar-refractivity contribution < 1.29 is 57.1 Å². The zero-order valence-corrected chi connectivity index (χ0v) is 47.7. The minimum Gasteiger partial charge on any atom is -0.483 e. The first-order valence-corrected chi connectivity index (χ1v) is 29.4. The third kappa shape index (κ3) is 17.4. The number of hydrogen-bond acceptors (Lipinski definition) is 12. The molecule has 4 N–H and O–H groups in total. The highest BCUT2D eigenvalue weighted by atomic mass is 16.5. The molecule has 16 nitrogen and oxygen atoms in total. The summed E-state index contributed by atoms with van der Waals surface area (Å²) in [5.41, 5.74) is 3.06. The number of benzene rings is 8. The van der Waals surface area contributed by atoms with E-state index in [0.29, 0.717) is 128 Å². The minimum absolute atomic E-state index is 0.200. The van der Waals surface area contributed by atoms with E-state index in [-0.39, 0.29) is 50.1 Å². The molecule has 8 aromatic rings. The highest BCUT2D eigenvalue weighted by Gasteiger charge is 2.23. The molecule has 16 heteroatoms. The zero-order valence-electron chi connectivity index (χ0n) is 47.7. The maximum atomic E-state index is 13.2. The van der Waals surface area contributed by atoms with Gasteiger partial charge in [0.25, 0.3) is 23.6 Å². The quantitative estimate of drug-likeness (QED) is 0.113. The second-order valence-corrected chi connectivity index (χ2v) is 20.5. The number of fused-ring (bicyclic) bond motifs is 14. The number of nitrogens with one attached hydrogen (secondary N) is 4. The summed E-state index contributed by atoms with van der Waals surface area (Å²) in [5.74, 6) is 1.03. The molecule has 0 radical (unpaired) electrons. The molecule has 0 saturated carbocycles. The van der Waals surface area contributed by atoms with Gasteiger partial charge in [-0.25, -0.2) is 0 Å². The predicted molar refractivity (Wildman–Crippen MR) is 328 cm³/mol. The molecule has 0 aromatic heterocycles. The smallest absolute Gasteiger partial charge is 0.257 e. The van der Waals surface area contributed by atoms with Gasteiger partial charge in [-0.05, 0) is 119 Å². The summed E-state index contributed by atoms with van der Waals surface area (Å²) in [7, 11) is 0. The SMILES string of the molecule is O=C1COc2ccc3ccccc3c2-c2c(ccc3ccccc23)OCC(=O)NCCCOCCCCOCCCNC(=O)COc2ccc3ccccc3c2-c2c(ccc3ccccc23)OCC(=O)NCCCOCCCCOCCCN1. The molecule has 0 spiro atoms. The summed E-state index contributed by atoms with van der Waals surface area (Å²) in [4.78, 5) is 52.7. The van der Waals surface area contributed by atoms with Crippen molar-refractivity contribution >= 4 is 66.7 Å². The van der Waals surface area contributed by atoms with Crippen molar-refractivity contribution in [2.45, 2.75) is 51.4 Å². The van der Waals surface area contributed by atoms with E-state index in [0.717, 1.165) is 91.0 Å². The molecule has 0 saturated heterocycles. The van der Waals surface area contributed by atoms with Crippen LogP contribution in [0.5, 0.6) is 23.0 Å². The molecule has 0 atom stereocenters. The van der Waals surface area contributed by atoms with Crippen molar-refractivity contribution in [3.05, 3.63) is 146 Å². The van der Waals surface area contributed by atoms with Gasteiger partial charge in [0.15, 0.2) is 26.4 Å². The van der Waals surface area contributed by atoms with E-state index in [4.69, 9.17) is 37.9 Å². The second-order valence-electron chi connectivity index (χ2n) is 20.5. The van der Waals surface area contributed by atoms with Gasteiger partial charge < -0.3 is 59.2 Å². The molecule has 1 aliphatic heterocycles.